The van der Waals surface area contributed by atoms with Crippen molar-refractivity contribution in [3.05, 3.63) is 28.2 Å². The van der Waals surface area contributed by atoms with Crippen molar-refractivity contribution >= 4 is 27.5 Å². The molecule has 0 atom stereocenters. The third-order valence-corrected chi connectivity index (χ3v) is 3.00. The molecule has 1 rings (SSSR count). The Bertz CT molecular complexity index is 396. The van der Waals surface area contributed by atoms with Gasteiger partial charge in [-0.15, -0.1) is 0 Å². The van der Waals surface area contributed by atoms with Crippen molar-refractivity contribution in [2.24, 2.45) is 0 Å². The van der Waals surface area contributed by atoms with Gasteiger partial charge in [-0.05, 0) is 40.5 Å². The van der Waals surface area contributed by atoms with Gasteiger partial charge in [0, 0.05) is 18.1 Å². The average Bonchev–Trinajstić information content (AvgIpc) is 2.28. The minimum atomic E-state index is -0.00636. The van der Waals surface area contributed by atoms with E-state index in [1.165, 1.54) is 0 Å². The zero-order chi connectivity index (χ0) is 12.8. The van der Waals surface area contributed by atoms with E-state index >= 15 is 0 Å². The van der Waals surface area contributed by atoms with Crippen LogP contribution in [-0.4, -0.2) is 31.2 Å². The van der Waals surface area contributed by atoms with E-state index in [4.69, 9.17) is 5.11 Å². The molecule has 0 aliphatic rings. The molecular formula is C12H17BrN2O2. The van der Waals surface area contributed by atoms with Crippen LogP contribution >= 0.6 is 15.9 Å². The van der Waals surface area contributed by atoms with Crippen molar-refractivity contribution in [2.45, 2.75) is 13.5 Å². The molecule has 0 saturated carbocycles. The van der Waals surface area contributed by atoms with Crippen molar-refractivity contribution in [3.8, 4) is 0 Å². The SMILES string of the molecule is CCNC(=O)CN(C)c1ccc(CO)cc1Br. The van der Waals surface area contributed by atoms with Gasteiger partial charge < -0.3 is 15.3 Å². The van der Waals surface area contributed by atoms with Gasteiger partial charge in [0.2, 0.25) is 5.91 Å². The van der Waals surface area contributed by atoms with Gasteiger partial charge in [0.25, 0.3) is 0 Å². The number of likely N-dealkylation sites (N-methyl/N-ethyl adjacent to an activating group) is 2. The van der Waals surface area contributed by atoms with Gasteiger partial charge in [-0.25, -0.2) is 0 Å². The normalized spacial score (nSPS) is 10.1. The fourth-order valence-electron chi connectivity index (χ4n) is 1.51. The van der Waals surface area contributed by atoms with Crippen LogP contribution in [0.5, 0.6) is 0 Å². The molecule has 0 aromatic heterocycles. The van der Waals surface area contributed by atoms with Crippen LogP contribution < -0.4 is 10.2 Å². The summed E-state index contributed by atoms with van der Waals surface area (Å²) < 4.78 is 0.871. The summed E-state index contributed by atoms with van der Waals surface area (Å²) in [5.74, 6) is -0.00636. The smallest absolute Gasteiger partial charge is 0.239 e. The third kappa shape index (κ3) is 4.02. The van der Waals surface area contributed by atoms with E-state index in [1.54, 1.807) is 0 Å². The van der Waals surface area contributed by atoms with Crippen LogP contribution in [0.4, 0.5) is 5.69 Å². The van der Waals surface area contributed by atoms with Crippen molar-refractivity contribution in [1.29, 1.82) is 0 Å². The molecule has 1 amide bonds. The lowest BCUT2D eigenvalue weighted by Crippen LogP contribution is -2.35. The predicted octanol–water partition coefficient (Wildman–Crippen LogP) is 1.51. The number of amides is 1. The standard InChI is InChI=1S/C12H17BrN2O2/c1-3-14-12(17)7-15(2)11-5-4-9(8-16)6-10(11)13/h4-6,16H,3,7-8H2,1-2H3,(H,14,17). The number of anilines is 1. The van der Waals surface area contributed by atoms with E-state index in [2.05, 4.69) is 21.2 Å². The summed E-state index contributed by atoms with van der Waals surface area (Å²) >= 11 is 3.43. The number of aliphatic hydroxyl groups excluding tert-OH is 1. The van der Waals surface area contributed by atoms with E-state index in [0.29, 0.717) is 13.1 Å². The van der Waals surface area contributed by atoms with E-state index < -0.39 is 0 Å². The molecular weight excluding hydrogens is 284 g/mol. The lowest BCUT2D eigenvalue weighted by molar-refractivity contribution is -0.119. The molecule has 1 aromatic carbocycles. The number of rotatable bonds is 5. The Labute approximate surface area is 110 Å². The molecule has 4 nitrogen and oxygen atoms in total. The fraction of sp³-hybridized carbons (Fsp3) is 0.417. The van der Waals surface area contributed by atoms with Crippen LogP contribution in [0.1, 0.15) is 12.5 Å². The Hall–Kier alpha value is -1.07. The monoisotopic (exact) mass is 300 g/mol. The maximum atomic E-state index is 11.5. The highest BCUT2D eigenvalue weighted by Gasteiger charge is 2.09. The van der Waals surface area contributed by atoms with Crippen molar-refractivity contribution < 1.29 is 9.90 Å². The van der Waals surface area contributed by atoms with Crippen molar-refractivity contribution in [2.75, 3.05) is 25.0 Å². The van der Waals surface area contributed by atoms with Gasteiger partial charge in [-0.1, -0.05) is 6.07 Å². The largest absolute Gasteiger partial charge is 0.392 e. The van der Waals surface area contributed by atoms with Crippen LogP contribution in [0.25, 0.3) is 0 Å². The Morgan fingerprint density at radius 1 is 1.53 bits per heavy atom. The summed E-state index contributed by atoms with van der Waals surface area (Å²) in [4.78, 5) is 13.3. The molecule has 17 heavy (non-hydrogen) atoms. The van der Waals surface area contributed by atoms with Crippen LogP contribution in [0.2, 0.25) is 0 Å². The van der Waals surface area contributed by atoms with E-state index in [1.807, 2.05) is 37.1 Å². The molecule has 5 heteroatoms. The quantitative estimate of drug-likeness (QED) is 0.867. The van der Waals surface area contributed by atoms with Crippen LogP contribution in [0.15, 0.2) is 22.7 Å². The molecule has 2 N–H and O–H groups in total. The maximum absolute atomic E-state index is 11.5. The number of aliphatic hydroxyl groups is 1. The van der Waals surface area contributed by atoms with Gasteiger partial charge in [-0.3, -0.25) is 4.79 Å². The van der Waals surface area contributed by atoms with Gasteiger partial charge in [-0.2, -0.15) is 0 Å². The zero-order valence-corrected chi connectivity index (χ0v) is 11.6. The molecule has 0 saturated heterocycles. The second kappa shape index (κ2) is 6.61. The van der Waals surface area contributed by atoms with Crippen LogP contribution in [0.3, 0.4) is 0 Å². The van der Waals surface area contributed by atoms with Gasteiger partial charge in [0.15, 0.2) is 0 Å². The summed E-state index contributed by atoms with van der Waals surface area (Å²) in [6.07, 6.45) is 0. The van der Waals surface area contributed by atoms with Crippen molar-refractivity contribution in [3.63, 3.8) is 0 Å². The summed E-state index contributed by atoms with van der Waals surface area (Å²) in [7, 11) is 1.86. The zero-order valence-electron chi connectivity index (χ0n) is 10.0. The molecule has 0 spiro atoms. The number of benzene rings is 1. The Morgan fingerprint density at radius 3 is 2.76 bits per heavy atom. The molecule has 0 aliphatic carbocycles. The highest BCUT2D eigenvalue weighted by atomic mass is 79.9. The molecule has 0 radical (unpaired) electrons. The number of hydrogen-bond donors (Lipinski definition) is 2. The lowest BCUT2D eigenvalue weighted by Gasteiger charge is -2.20. The molecule has 0 bridgehead atoms. The Kier molecular flexibility index (Phi) is 5.44. The second-order valence-electron chi connectivity index (χ2n) is 3.75. The van der Waals surface area contributed by atoms with E-state index in [0.717, 1.165) is 15.7 Å². The molecule has 0 unspecified atom stereocenters. The van der Waals surface area contributed by atoms with Gasteiger partial charge in [0.05, 0.1) is 18.8 Å². The summed E-state index contributed by atoms with van der Waals surface area (Å²) in [6, 6.07) is 5.58. The highest BCUT2D eigenvalue weighted by molar-refractivity contribution is 9.10. The molecule has 1 aromatic rings. The average molecular weight is 301 g/mol. The fourth-order valence-corrected chi connectivity index (χ4v) is 2.24. The topological polar surface area (TPSA) is 52.6 Å². The molecule has 0 heterocycles. The maximum Gasteiger partial charge on any atom is 0.239 e. The Morgan fingerprint density at radius 2 is 2.24 bits per heavy atom. The summed E-state index contributed by atoms with van der Waals surface area (Å²) in [6.45, 7) is 2.85. The minimum absolute atomic E-state index is 0.00636. The molecule has 0 aliphatic heterocycles. The Balaban J connectivity index is 2.75. The number of carbonyl (C=O) groups excluding carboxylic acids is 1. The summed E-state index contributed by atoms with van der Waals surface area (Å²) in [5, 5.41) is 11.8. The number of carbonyl (C=O) groups is 1. The highest BCUT2D eigenvalue weighted by Crippen LogP contribution is 2.26. The van der Waals surface area contributed by atoms with Crippen LogP contribution in [0, 0.1) is 0 Å². The number of halogens is 1. The molecule has 0 fully saturated rings. The third-order valence-electron chi connectivity index (χ3n) is 2.36. The summed E-state index contributed by atoms with van der Waals surface area (Å²) in [5.41, 5.74) is 1.76. The van der Waals surface area contributed by atoms with Gasteiger partial charge in [0.1, 0.15) is 0 Å². The van der Waals surface area contributed by atoms with E-state index in [-0.39, 0.29) is 12.5 Å². The predicted molar refractivity (Wildman–Crippen MR) is 72.0 cm³/mol. The van der Waals surface area contributed by atoms with Gasteiger partial charge >= 0.3 is 0 Å². The number of hydrogen-bond acceptors (Lipinski definition) is 3. The first-order valence-corrected chi connectivity index (χ1v) is 6.25. The van der Waals surface area contributed by atoms with Crippen molar-refractivity contribution in [1.82, 2.24) is 5.32 Å². The number of nitrogens with zero attached hydrogens (tertiary/aromatic N) is 1. The first kappa shape index (κ1) is 14.0. The number of nitrogens with one attached hydrogen (secondary N) is 1. The van der Waals surface area contributed by atoms with E-state index in [9.17, 15) is 4.79 Å². The minimum Gasteiger partial charge on any atom is -0.392 e. The first-order chi connectivity index (χ1) is 8.08. The first-order valence-electron chi connectivity index (χ1n) is 5.45. The molecule has 94 valence electrons. The van der Waals surface area contributed by atoms with Crippen LogP contribution in [-0.2, 0) is 11.4 Å². The second-order valence-corrected chi connectivity index (χ2v) is 4.61. The lowest BCUT2D eigenvalue weighted by atomic mass is 10.2.